The van der Waals surface area contributed by atoms with Gasteiger partial charge in [-0.2, -0.15) is 0 Å². The fraction of sp³-hybridized carbons (Fsp3) is 0.643. The first-order chi connectivity index (χ1) is 10.2. The Hall–Kier alpha value is -1.89. The van der Waals surface area contributed by atoms with Crippen molar-refractivity contribution in [3.8, 4) is 0 Å². The maximum Gasteiger partial charge on any atom is 0.311 e. The van der Waals surface area contributed by atoms with Crippen molar-refractivity contribution in [2.24, 2.45) is 0 Å². The van der Waals surface area contributed by atoms with E-state index in [0.717, 1.165) is 32.4 Å². The number of nitrogens with zero attached hydrogens (tertiary/aromatic N) is 3. The van der Waals surface area contributed by atoms with Crippen molar-refractivity contribution in [3.05, 3.63) is 22.2 Å². The third-order valence-electron chi connectivity index (χ3n) is 3.75. The first kappa shape index (κ1) is 15.5. The Balaban J connectivity index is 2.30. The predicted octanol–water partition coefficient (Wildman–Crippen LogP) is 2.16. The lowest BCUT2D eigenvalue weighted by molar-refractivity contribution is -0.384. The minimum Gasteiger partial charge on any atom is -0.396 e. The molecule has 1 aromatic rings. The molecule has 0 aromatic carbocycles. The Kier molecular flexibility index (Phi) is 5.32. The molecule has 116 valence electrons. The fourth-order valence-corrected chi connectivity index (χ4v) is 2.82. The molecule has 7 heteroatoms. The van der Waals surface area contributed by atoms with Crippen molar-refractivity contribution in [2.75, 3.05) is 29.9 Å². The summed E-state index contributed by atoms with van der Waals surface area (Å²) in [6.07, 6.45) is 3.53. The van der Waals surface area contributed by atoms with Crippen LogP contribution < -0.4 is 10.2 Å². The van der Waals surface area contributed by atoms with Crippen LogP contribution in [-0.4, -0.2) is 40.8 Å². The van der Waals surface area contributed by atoms with E-state index < -0.39 is 0 Å². The summed E-state index contributed by atoms with van der Waals surface area (Å²) in [6.45, 7) is 3.61. The molecule has 1 saturated heterocycles. The van der Waals surface area contributed by atoms with Crippen LogP contribution in [0.3, 0.4) is 0 Å². The van der Waals surface area contributed by atoms with Gasteiger partial charge in [-0.1, -0.05) is 0 Å². The highest BCUT2D eigenvalue weighted by Crippen LogP contribution is 2.34. The number of nitro groups is 1. The van der Waals surface area contributed by atoms with Crippen molar-refractivity contribution in [3.63, 3.8) is 0 Å². The SMILES string of the molecule is CCNc1ccc([N+](=O)[O-])c(N2CCCC2CCCO)n1. The molecule has 2 N–H and O–H groups in total. The average Bonchev–Trinajstić information content (AvgIpc) is 2.93. The van der Waals surface area contributed by atoms with Crippen LogP contribution >= 0.6 is 0 Å². The van der Waals surface area contributed by atoms with E-state index in [2.05, 4.69) is 10.3 Å². The van der Waals surface area contributed by atoms with E-state index in [1.807, 2.05) is 11.8 Å². The summed E-state index contributed by atoms with van der Waals surface area (Å²) in [6, 6.07) is 3.38. The van der Waals surface area contributed by atoms with Crippen LogP contribution in [0.5, 0.6) is 0 Å². The molecule has 0 spiro atoms. The number of hydrogen-bond donors (Lipinski definition) is 2. The van der Waals surface area contributed by atoms with Crippen molar-refractivity contribution in [2.45, 2.75) is 38.6 Å². The largest absolute Gasteiger partial charge is 0.396 e. The molecule has 1 atom stereocenters. The van der Waals surface area contributed by atoms with Gasteiger partial charge in [-0.15, -0.1) is 0 Å². The van der Waals surface area contributed by atoms with E-state index in [4.69, 9.17) is 5.11 Å². The van der Waals surface area contributed by atoms with E-state index >= 15 is 0 Å². The summed E-state index contributed by atoms with van der Waals surface area (Å²) in [4.78, 5) is 17.3. The topological polar surface area (TPSA) is 91.5 Å². The average molecular weight is 294 g/mol. The molecule has 21 heavy (non-hydrogen) atoms. The summed E-state index contributed by atoms with van der Waals surface area (Å²) in [5, 5.41) is 23.3. The van der Waals surface area contributed by atoms with Gasteiger partial charge in [0, 0.05) is 31.8 Å². The maximum absolute atomic E-state index is 11.2. The minimum atomic E-state index is -0.376. The molecule has 0 radical (unpaired) electrons. The van der Waals surface area contributed by atoms with Gasteiger partial charge >= 0.3 is 5.69 Å². The van der Waals surface area contributed by atoms with Gasteiger partial charge < -0.3 is 15.3 Å². The first-order valence-corrected chi connectivity index (χ1v) is 7.44. The Labute approximate surface area is 124 Å². The van der Waals surface area contributed by atoms with Crippen LogP contribution in [-0.2, 0) is 0 Å². The molecule has 0 bridgehead atoms. The molecule has 1 fully saturated rings. The van der Waals surface area contributed by atoms with Crippen LogP contribution in [0.1, 0.15) is 32.6 Å². The molecule has 7 nitrogen and oxygen atoms in total. The van der Waals surface area contributed by atoms with Crippen molar-refractivity contribution < 1.29 is 10.0 Å². The number of aliphatic hydroxyl groups excluding tert-OH is 1. The lowest BCUT2D eigenvalue weighted by Crippen LogP contribution is -2.31. The monoisotopic (exact) mass is 294 g/mol. The highest BCUT2D eigenvalue weighted by molar-refractivity contribution is 5.62. The molecule has 0 amide bonds. The summed E-state index contributed by atoms with van der Waals surface area (Å²) in [5.74, 6) is 1.10. The van der Waals surface area contributed by atoms with Gasteiger partial charge in [0.25, 0.3) is 0 Å². The van der Waals surface area contributed by atoms with E-state index in [-0.39, 0.29) is 23.3 Å². The second kappa shape index (κ2) is 7.21. The van der Waals surface area contributed by atoms with Gasteiger partial charge in [-0.25, -0.2) is 4.98 Å². The second-order valence-corrected chi connectivity index (χ2v) is 5.18. The summed E-state index contributed by atoms with van der Waals surface area (Å²) in [7, 11) is 0. The Morgan fingerprint density at radius 3 is 3.05 bits per heavy atom. The van der Waals surface area contributed by atoms with Crippen LogP contribution in [0.2, 0.25) is 0 Å². The Morgan fingerprint density at radius 2 is 2.38 bits per heavy atom. The highest BCUT2D eigenvalue weighted by atomic mass is 16.6. The number of nitrogens with one attached hydrogen (secondary N) is 1. The number of aromatic nitrogens is 1. The molecule has 2 heterocycles. The minimum absolute atomic E-state index is 0.0487. The van der Waals surface area contributed by atoms with E-state index in [1.54, 1.807) is 6.07 Å². The number of aliphatic hydroxyl groups is 1. The molecule has 0 saturated carbocycles. The molecule has 1 aliphatic heterocycles. The van der Waals surface area contributed by atoms with Crippen molar-refractivity contribution in [1.82, 2.24) is 4.98 Å². The standard InChI is InChI=1S/C14H22N4O3/c1-2-15-13-8-7-12(18(20)21)14(16-13)17-9-3-5-11(17)6-4-10-19/h7-8,11,19H,2-6,9-10H2,1H3,(H,15,16). The maximum atomic E-state index is 11.2. The zero-order valence-electron chi connectivity index (χ0n) is 12.3. The Morgan fingerprint density at radius 1 is 1.57 bits per heavy atom. The van der Waals surface area contributed by atoms with Crippen LogP contribution in [0, 0.1) is 10.1 Å². The molecule has 1 aliphatic rings. The smallest absolute Gasteiger partial charge is 0.311 e. The molecular weight excluding hydrogens is 272 g/mol. The normalized spacial score (nSPS) is 18.0. The Bertz CT molecular complexity index is 495. The van der Waals surface area contributed by atoms with E-state index in [1.165, 1.54) is 6.07 Å². The summed E-state index contributed by atoms with van der Waals surface area (Å²) < 4.78 is 0. The number of hydrogen-bond acceptors (Lipinski definition) is 6. The van der Waals surface area contributed by atoms with E-state index in [0.29, 0.717) is 18.1 Å². The van der Waals surface area contributed by atoms with Gasteiger partial charge in [-0.3, -0.25) is 10.1 Å². The van der Waals surface area contributed by atoms with Gasteiger partial charge in [0.15, 0.2) is 0 Å². The van der Waals surface area contributed by atoms with Crippen LogP contribution in [0.4, 0.5) is 17.3 Å². The molecular formula is C14H22N4O3. The van der Waals surface area contributed by atoms with Gasteiger partial charge in [-0.05, 0) is 38.7 Å². The third-order valence-corrected chi connectivity index (χ3v) is 3.75. The highest BCUT2D eigenvalue weighted by Gasteiger charge is 2.30. The van der Waals surface area contributed by atoms with Gasteiger partial charge in [0.1, 0.15) is 5.82 Å². The van der Waals surface area contributed by atoms with Crippen LogP contribution in [0.15, 0.2) is 12.1 Å². The van der Waals surface area contributed by atoms with Gasteiger partial charge in [0.2, 0.25) is 5.82 Å². The molecule has 2 rings (SSSR count). The number of rotatable bonds is 7. The first-order valence-electron chi connectivity index (χ1n) is 7.44. The molecule has 0 aliphatic carbocycles. The zero-order chi connectivity index (χ0) is 15.2. The lowest BCUT2D eigenvalue weighted by Gasteiger charge is -2.25. The summed E-state index contributed by atoms with van der Waals surface area (Å²) >= 11 is 0. The van der Waals surface area contributed by atoms with E-state index in [9.17, 15) is 10.1 Å². The predicted molar refractivity (Wildman–Crippen MR) is 81.7 cm³/mol. The zero-order valence-corrected chi connectivity index (χ0v) is 12.3. The summed E-state index contributed by atoms with van der Waals surface area (Å²) in [5.41, 5.74) is 0.0487. The van der Waals surface area contributed by atoms with Crippen molar-refractivity contribution >= 4 is 17.3 Å². The number of pyridine rings is 1. The van der Waals surface area contributed by atoms with Gasteiger partial charge in [0.05, 0.1) is 4.92 Å². The van der Waals surface area contributed by atoms with Crippen molar-refractivity contribution in [1.29, 1.82) is 0 Å². The quantitative estimate of drug-likeness (QED) is 0.591. The third kappa shape index (κ3) is 3.60. The number of anilines is 2. The fourth-order valence-electron chi connectivity index (χ4n) is 2.82. The van der Waals surface area contributed by atoms with Crippen LogP contribution in [0.25, 0.3) is 0 Å². The molecule has 1 aromatic heterocycles. The second-order valence-electron chi connectivity index (χ2n) is 5.18. The molecule has 1 unspecified atom stereocenters. The lowest BCUT2D eigenvalue weighted by atomic mass is 10.1.